The van der Waals surface area contributed by atoms with Crippen LogP contribution < -0.4 is 5.32 Å². The van der Waals surface area contributed by atoms with Crippen LogP contribution in [0.25, 0.3) is 0 Å². The van der Waals surface area contributed by atoms with E-state index in [1.165, 1.54) is 5.56 Å². The Morgan fingerprint density at radius 3 is 2.76 bits per heavy atom. The van der Waals surface area contributed by atoms with Gasteiger partial charge < -0.3 is 10.1 Å². The molecule has 0 aliphatic heterocycles. The maximum absolute atomic E-state index is 11.2. The fourth-order valence-corrected chi connectivity index (χ4v) is 1.54. The Labute approximate surface area is 102 Å². The zero-order valence-electron chi connectivity index (χ0n) is 10.2. The van der Waals surface area contributed by atoms with E-state index in [4.69, 9.17) is 4.74 Å². The molecule has 0 aliphatic rings. The summed E-state index contributed by atoms with van der Waals surface area (Å²) in [5.41, 5.74) is 1.25. The van der Waals surface area contributed by atoms with Gasteiger partial charge in [0.1, 0.15) is 0 Å². The van der Waals surface area contributed by atoms with Crippen LogP contribution in [0.4, 0.5) is 4.79 Å². The number of alkyl carbamates (subject to hydrolysis) is 1. The minimum absolute atomic E-state index is 0.0470. The average molecular weight is 233 g/mol. The molecule has 0 aromatic heterocycles. The van der Waals surface area contributed by atoms with Gasteiger partial charge in [0.25, 0.3) is 0 Å². The van der Waals surface area contributed by atoms with Crippen LogP contribution in [-0.2, 0) is 11.2 Å². The van der Waals surface area contributed by atoms with E-state index in [0.29, 0.717) is 6.61 Å². The Balaban J connectivity index is 2.37. The van der Waals surface area contributed by atoms with E-state index in [0.717, 1.165) is 12.8 Å². The molecule has 1 rings (SSSR count). The lowest BCUT2D eigenvalue weighted by atomic mass is 10.1. The van der Waals surface area contributed by atoms with Crippen LogP contribution in [0.1, 0.15) is 18.9 Å². The van der Waals surface area contributed by atoms with Crippen molar-refractivity contribution in [2.24, 2.45) is 0 Å². The van der Waals surface area contributed by atoms with Gasteiger partial charge in [-0.3, -0.25) is 0 Å². The first kappa shape index (κ1) is 13.3. The Morgan fingerprint density at radius 1 is 1.47 bits per heavy atom. The summed E-state index contributed by atoms with van der Waals surface area (Å²) in [5.74, 6) is 0. The predicted octanol–water partition coefficient (Wildman–Crippen LogP) is 2.92. The Morgan fingerprint density at radius 2 is 2.18 bits per heavy atom. The van der Waals surface area contributed by atoms with Crippen molar-refractivity contribution in [3.63, 3.8) is 0 Å². The van der Waals surface area contributed by atoms with Crippen molar-refractivity contribution in [1.29, 1.82) is 0 Å². The van der Waals surface area contributed by atoms with Gasteiger partial charge in [-0.1, -0.05) is 36.4 Å². The number of benzene rings is 1. The highest BCUT2D eigenvalue weighted by Crippen LogP contribution is 2.05. The van der Waals surface area contributed by atoms with Crippen LogP contribution in [0, 0.1) is 0 Å². The van der Waals surface area contributed by atoms with E-state index in [9.17, 15) is 4.79 Å². The van der Waals surface area contributed by atoms with Crippen LogP contribution in [0.2, 0.25) is 0 Å². The maximum Gasteiger partial charge on any atom is 0.407 e. The molecule has 17 heavy (non-hydrogen) atoms. The molecule has 1 unspecified atom stereocenters. The molecule has 0 saturated carbocycles. The molecular formula is C14H19NO2. The molecule has 92 valence electrons. The molecule has 3 heteroatoms. The van der Waals surface area contributed by atoms with Gasteiger partial charge in [0.05, 0.1) is 12.6 Å². The van der Waals surface area contributed by atoms with Gasteiger partial charge in [-0.25, -0.2) is 4.79 Å². The smallest absolute Gasteiger partial charge is 0.407 e. The van der Waals surface area contributed by atoms with E-state index >= 15 is 0 Å². The largest absolute Gasteiger partial charge is 0.450 e. The number of hydrogen-bond donors (Lipinski definition) is 1. The minimum Gasteiger partial charge on any atom is -0.450 e. The van der Waals surface area contributed by atoms with Crippen molar-refractivity contribution in [2.75, 3.05) is 6.61 Å². The lowest BCUT2D eigenvalue weighted by molar-refractivity contribution is 0.149. The van der Waals surface area contributed by atoms with Gasteiger partial charge in [0, 0.05) is 0 Å². The first-order valence-electron chi connectivity index (χ1n) is 5.86. The number of aryl methyl sites for hydroxylation is 1. The molecule has 1 amide bonds. The highest BCUT2D eigenvalue weighted by Gasteiger charge is 2.08. The zero-order chi connectivity index (χ0) is 12.5. The third-order valence-corrected chi connectivity index (χ3v) is 2.45. The van der Waals surface area contributed by atoms with Gasteiger partial charge in [-0.05, 0) is 25.3 Å². The van der Waals surface area contributed by atoms with Crippen LogP contribution in [0.3, 0.4) is 0 Å². The molecule has 3 nitrogen and oxygen atoms in total. The van der Waals surface area contributed by atoms with Crippen molar-refractivity contribution < 1.29 is 9.53 Å². The van der Waals surface area contributed by atoms with Crippen molar-refractivity contribution in [2.45, 2.75) is 25.8 Å². The number of amides is 1. The van der Waals surface area contributed by atoms with Gasteiger partial charge in [-0.2, -0.15) is 0 Å². The molecule has 1 N–H and O–H groups in total. The number of carbonyl (C=O) groups excluding carboxylic acids is 1. The SMILES string of the molecule is C=CC(CCc1ccccc1)NC(=O)OCC. The molecular weight excluding hydrogens is 214 g/mol. The number of hydrogen-bond acceptors (Lipinski definition) is 2. The molecule has 0 bridgehead atoms. The molecule has 0 aliphatic carbocycles. The van der Waals surface area contributed by atoms with E-state index in [2.05, 4.69) is 24.0 Å². The second-order valence-electron chi connectivity index (χ2n) is 3.73. The van der Waals surface area contributed by atoms with Crippen molar-refractivity contribution in [1.82, 2.24) is 5.32 Å². The predicted molar refractivity (Wildman–Crippen MR) is 68.9 cm³/mol. The summed E-state index contributed by atoms with van der Waals surface area (Å²) in [5, 5.41) is 2.76. The Hall–Kier alpha value is -1.77. The van der Waals surface area contributed by atoms with Gasteiger partial charge in [0.2, 0.25) is 0 Å². The molecule has 0 saturated heterocycles. The molecule has 1 atom stereocenters. The highest BCUT2D eigenvalue weighted by atomic mass is 16.5. The number of rotatable bonds is 6. The molecule has 0 heterocycles. The fourth-order valence-electron chi connectivity index (χ4n) is 1.54. The molecule has 0 radical (unpaired) electrons. The summed E-state index contributed by atoms with van der Waals surface area (Å²) in [4.78, 5) is 11.2. The third kappa shape index (κ3) is 5.20. The third-order valence-electron chi connectivity index (χ3n) is 2.45. The molecule has 1 aromatic carbocycles. The summed E-state index contributed by atoms with van der Waals surface area (Å²) in [6, 6.07) is 10.1. The number of ether oxygens (including phenoxy) is 1. The fraction of sp³-hybridized carbons (Fsp3) is 0.357. The molecule has 1 aromatic rings. The van der Waals surface area contributed by atoms with Crippen molar-refractivity contribution >= 4 is 6.09 Å². The van der Waals surface area contributed by atoms with Gasteiger partial charge in [0.15, 0.2) is 0 Å². The first-order valence-corrected chi connectivity index (χ1v) is 5.86. The highest BCUT2D eigenvalue weighted by molar-refractivity contribution is 5.67. The van der Waals surface area contributed by atoms with E-state index in [1.807, 2.05) is 18.2 Å². The topological polar surface area (TPSA) is 38.3 Å². The van der Waals surface area contributed by atoms with Crippen LogP contribution in [-0.4, -0.2) is 18.7 Å². The van der Waals surface area contributed by atoms with E-state index < -0.39 is 0 Å². The minimum atomic E-state index is -0.384. The summed E-state index contributed by atoms with van der Waals surface area (Å²) in [7, 11) is 0. The molecule has 0 fully saturated rings. The summed E-state index contributed by atoms with van der Waals surface area (Å²) in [6.07, 6.45) is 3.08. The van der Waals surface area contributed by atoms with Gasteiger partial charge in [-0.15, -0.1) is 6.58 Å². The van der Waals surface area contributed by atoms with Crippen LogP contribution >= 0.6 is 0 Å². The van der Waals surface area contributed by atoms with Crippen LogP contribution in [0.5, 0.6) is 0 Å². The summed E-state index contributed by atoms with van der Waals surface area (Å²) in [6.45, 7) is 5.88. The second kappa shape index (κ2) is 7.49. The average Bonchev–Trinajstić information content (AvgIpc) is 2.36. The standard InChI is InChI=1S/C14H19NO2/c1-3-13(15-14(16)17-4-2)11-10-12-8-6-5-7-9-12/h3,5-9,13H,1,4,10-11H2,2H3,(H,15,16). The number of carbonyl (C=O) groups is 1. The maximum atomic E-state index is 11.2. The van der Waals surface area contributed by atoms with Crippen molar-refractivity contribution in [3.05, 3.63) is 48.6 Å². The van der Waals surface area contributed by atoms with Gasteiger partial charge >= 0.3 is 6.09 Å². The van der Waals surface area contributed by atoms with E-state index in [-0.39, 0.29) is 12.1 Å². The number of nitrogens with one attached hydrogen (secondary N) is 1. The lowest BCUT2D eigenvalue weighted by Gasteiger charge is -2.14. The monoisotopic (exact) mass is 233 g/mol. The zero-order valence-corrected chi connectivity index (χ0v) is 10.2. The Bertz CT molecular complexity index is 348. The summed E-state index contributed by atoms with van der Waals surface area (Å²) < 4.78 is 4.83. The quantitative estimate of drug-likeness (QED) is 0.767. The molecule has 0 spiro atoms. The van der Waals surface area contributed by atoms with Crippen LogP contribution in [0.15, 0.2) is 43.0 Å². The van der Waals surface area contributed by atoms with Crippen molar-refractivity contribution in [3.8, 4) is 0 Å². The lowest BCUT2D eigenvalue weighted by Crippen LogP contribution is -2.34. The normalized spacial score (nSPS) is 11.6. The first-order chi connectivity index (χ1) is 8.26. The van der Waals surface area contributed by atoms with E-state index in [1.54, 1.807) is 13.0 Å². The summed E-state index contributed by atoms with van der Waals surface area (Å²) >= 11 is 0. The Kier molecular flexibility index (Phi) is 5.86. The second-order valence-corrected chi connectivity index (χ2v) is 3.73.